The molecule has 0 radical (unpaired) electrons. The van der Waals surface area contributed by atoms with Crippen molar-refractivity contribution in [2.24, 2.45) is 0 Å². The predicted octanol–water partition coefficient (Wildman–Crippen LogP) is 2.28. The van der Waals surface area contributed by atoms with Crippen LogP contribution in [0.15, 0.2) is 28.6 Å². The van der Waals surface area contributed by atoms with E-state index >= 15 is 0 Å². The topological polar surface area (TPSA) is 86.4 Å². The Bertz CT molecular complexity index is 870. The van der Waals surface area contributed by atoms with E-state index in [4.69, 9.17) is 0 Å². The van der Waals surface area contributed by atoms with Crippen LogP contribution in [0.2, 0.25) is 0 Å². The van der Waals surface area contributed by atoms with E-state index in [0.717, 1.165) is 31.4 Å². The average Bonchev–Trinajstić information content (AvgIpc) is 3.43. The van der Waals surface area contributed by atoms with Gasteiger partial charge in [0.1, 0.15) is 9.77 Å². The van der Waals surface area contributed by atoms with Gasteiger partial charge in [0.15, 0.2) is 0 Å². The first-order chi connectivity index (χ1) is 12.6. The number of rotatable bonds is 4. The van der Waals surface area contributed by atoms with Crippen LogP contribution < -0.4 is 0 Å². The van der Waals surface area contributed by atoms with Gasteiger partial charge in [0, 0.05) is 44.0 Å². The molecule has 2 saturated heterocycles. The molecule has 1 N–H and O–H groups in total. The lowest BCUT2D eigenvalue weighted by Crippen LogP contribution is -2.39. The lowest BCUT2D eigenvalue weighted by atomic mass is 9.95. The number of sulfonamides is 1. The smallest absolute Gasteiger partial charge is 0.265 e. The number of likely N-dealkylation sites (tertiary alicyclic amines) is 1. The Morgan fingerprint density at radius 1 is 1.19 bits per heavy atom. The third-order valence-electron chi connectivity index (χ3n) is 5.18. The maximum Gasteiger partial charge on any atom is 0.265 e. The van der Waals surface area contributed by atoms with E-state index in [0.29, 0.717) is 31.1 Å². The molecule has 2 aromatic rings. The molecule has 0 aromatic carbocycles. The number of piperidine rings is 1. The molecule has 4 heterocycles. The molecule has 2 aliphatic rings. The highest BCUT2D eigenvalue weighted by atomic mass is 32.2. The summed E-state index contributed by atoms with van der Waals surface area (Å²) in [5.41, 5.74) is 1.03. The van der Waals surface area contributed by atoms with E-state index in [-0.39, 0.29) is 16.7 Å². The van der Waals surface area contributed by atoms with Crippen LogP contribution in [-0.4, -0.2) is 59.9 Å². The lowest BCUT2D eigenvalue weighted by molar-refractivity contribution is 0.0707. The summed E-state index contributed by atoms with van der Waals surface area (Å²) in [6.45, 7) is 2.32. The van der Waals surface area contributed by atoms with Crippen molar-refractivity contribution in [3.05, 3.63) is 34.3 Å². The zero-order valence-electron chi connectivity index (χ0n) is 14.4. The molecule has 1 atom stereocenters. The molecule has 7 nitrogen and oxygen atoms in total. The Hall–Kier alpha value is -1.71. The summed E-state index contributed by atoms with van der Waals surface area (Å²) in [6.07, 6.45) is 5.37. The minimum absolute atomic E-state index is 0.165. The van der Waals surface area contributed by atoms with Crippen molar-refractivity contribution in [1.82, 2.24) is 19.4 Å². The largest absolute Gasteiger partial charge is 0.337 e. The van der Waals surface area contributed by atoms with Crippen molar-refractivity contribution in [2.45, 2.75) is 36.5 Å². The van der Waals surface area contributed by atoms with Crippen LogP contribution in [0.5, 0.6) is 0 Å². The van der Waals surface area contributed by atoms with Gasteiger partial charge in [-0.1, -0.05) is 0 Å². The lowest BCUT2D eigenvalue weighted by Gasteiger charge is -2.32. The molecule has 1 unspecified atom stereocenters. The highest BCUT2D eigenvalue weighted by molar-refractivity contribution is 7.89. The number of nitrogens with one attached hydrogen (secondary N) is 1. The predicted molar refractivity (Wildman–Crippen MR) is 98.8 cm³/mol. The molecule has 1 amide bonds. The maximum atomic E-state index is 13.1. The molecule has 2 fully saturated rings. The van der Waals surface area contributed by atoms with Crippen molar-refractivity contribution < 1.29 is 13.2 Å². The SMILES string of the molecule is O=C(c1sccc1S(=O)(=O)N1CCCC1)N1CCCC(c2ccn[nH]2)C1. The number of thiophene rings is 1. The molecule has 26 heavy (non-hydrogen) atoms. The quantitative estimate of drug-likeness (QED) is 0.862. The fraction of sp³-hybridized carbons (Fsp3) is 0.529. The van der Waals surface area contributed by atoms with Crippen molar-refractivity contribution in [2.75, 3.05) is 26.2 Å². The molecule has 0 aliphatic carbocycles. The van der Waals surface area contributed by atoms with E-state index in [9.17, 15) is 13.2 Å². The second kappa shape index (κ2) is 7.13. The normalized spacial score (nSPS) is 22.0. The van der Waals surface area contributed by atoms with Gasteiger partial charge in [-0.05, 0) is 43.2 Å². The number of carbonyl (C=O) groups excluding carboxylic acids is 1. The molecule has 2 aromatic heterocycles. The Morgan fingerprint density at radius 2 is 2.00 bits per heavy atom. The zero-order chi connectivity index (χ0) is 18.1. The van der Waals surface area contributed by atoms with E-state index < -0.39 is 10.0 Å². The Balaban J connectivity index is 1.56. The zero-order valence-corrected chi connectivity index (χ0v) is 16.1. The van der Waals surface area contributed by atoms with E-state index in [1.807, 2.05) is 6.07 Å². The Kier molecular flexibility index (Phi) is 4.85. The summed E-state index contributed by atoms with van der Waals surface area (Å²) in [5.74, 6) is 0.0378. The van der Waals surface area contributed by atoms with Gasteiger partial charge in [-0.3, -0.25) is 9.89 Å². The van der Waals surface area contributed by atoms with Crippen LogP contribution in [0, 0.1) is 0 Å². The number of hydrogen-bond donors (Lipinski definition) is 1. The number of nitrogens with zero attached hydrogens (tertiary/aromatic N) is 3. The van der Waals surface area contributed by atoms with Crippen LogP contribution in [0.4, 0.5) is 0 Å². The minimum atomic E-state index is -3.59. The number of hydrogen-bond acceptors (Lipinski definition) is 5. The van der Waals surface area contributed by atoms with Crippen LogP contribution in [0.3, 0.4) is 0 Å². The van der Waals surface area contributed by atoms with Crippen molar-refractivity contribution in [3.8, 4) is 0 Å². The summed E-state index contributed by atoms with van der Waals surface area (Å²) >= 11 is 1.22. The molecule has 0 spiro atoms. The van der Waals surface area contributed by atoms with Gasteiger partial charge in [0.25, 0.3) is 5.91 Å². The van der Waals surface area contributed by atoms with Crippen molar-refractivity contribution in [3.63, 3.8) is 0 Å². The van der Waals surface area contributed by atoms with Crippen LogP contribution >= 0.6 is 11.3 Å². The summed E-state index contributed by atoms with van der Waals surface area (Å²) in [5, 5.41) is 8.68. The standard InChI is InChI=1S/C17H22N4O3S2/c22-17(20-8-3-4-13(12-20)14-5-7-18-19-14)16-15(6-11-25-16)26(23,24)21-9-1-2-10-21/h5-7,11,13H,1-4,8-10,12H2,(H,18,19). The van der Waals surface area contributed by atoms with Crippen LogP contribution in [-0.2, 0) is 10.0 Å². The molecule has 9 heteroatoms. The van der Waals surface area contributed by atoms with Gasteiger partial charge in [0.2, 0.25) is 10.0 Å². The maximum absolute atomic E-state index is 13.1. The first kappa shape index (κ1) is 17.7. The summed E-state index contributed by atoms with van der Waals surface area (Å²) in [6, 6.07) is 3.51. The minimum Gasteiger partial charge on any atom is -0.337 e. The third-order valence-corrected chi connectivity index (χ3v) is 8.15. The van der Waals surface area contributed by atoms with Gasteiger partial charge < -0.3 is 4.90 Å². The second-order valence-electron chi connectivity index (χ2n) is 6.83. The number of aromatic amines is 1. The molecule has 2 aliphatic heterocycles. The van der Waals surface area contributed by atoms with E-state index in [1.165, 1.54) is 15.6 Å². The number of aromatic nitrogens is 2. The highest BCUT2D eigenvalue weighted by Crippen LogP contribution is 2.31. The molecular weight excluding hydrogens is 372 g/mol. The third kappa shape index (κ3) is 3.19. The van der Waals surface area contributed by atoms with Gasteiger partial charge in [0.05, 0.1) is 0 Å². The fourth-order valence-electron chi connectivity index (χ4n) is 3.78. The number of H-pyrrole nitrogens is 1. The molecular formula is C17H22N4O3S2. The van der Waals surface area contributed by atoms with Gasteiger partial charge in [-0.15, -0.1) is 11.3 Å². The number of carbonyl (C=O) groups is 1. The van der Waals surface area contributed by atoms with Crippen molar-refractivity contribution >= 4 is 27.3 Å². The van der Waals surface area contributed by atoms with Gasteiger partial charge in [-0.2, -0.15) is 9.40 Å². The summed E-state index contributed by atoms with van der Waals surface area (Å²) in [7, 11) is -3.59. The van der Waals surface area contributed by atoms with Gasteiger partial charge in [-0.25, -0.2) is 8.42 Å². The highest BCUT2D eigenvalue weighted by Gasteiger charge is 2.34. The van der Waals surface area contributed by atoms with Gasteiger partial charge >= 0.3 is 0 Å². The molecule has 4 rings (SSSR count). The monoisotopic (exact) mass is 394 g/mol. The molecule has 0 saturated carbocycles. The van der Waals surface area contributed by atoms with Crippen LogP contribution in [0.25, 0.3) is 0 Å². The van der Waals surface area contributed by atoms with Crippen molar-refractivity contribution in [1.29, 1.82) is 0 Å². The fourth-order valence-corrected chi connectivity index (χ4v) is 6.66. The van der Waals surface area contributed by atoms with Crippen LogP contribution in [0.1, 0.15) is 47.0 Å². The molecule has 140 valence electrons. The van der Waals surface area contributed by atoms with E-state index in [2.05, 4.69) is 10.2 Å². The Labute approximate surface area is 157 Å². The first-order valence-electron chi connectivity index (χ1n) is 8.93. The average molecular weight is 395 g/mol. The second-order valence-corrected chi connectivity index (χ2v) is 9.65. The van der Waals surface area contributed by atoms with E-state index in [1.54, 1.807) is 22.5 Å². The first-order valence-corrected chi connectivity index (χ1v) is 11.3. The number of amides is 1. The summed E-state index contributed by atoms with van der Waals surface area (Å²) < 4.78 is 27.3. The Morgan fingerprint density at radius 3 is 2.73 bits per heavy atom. The summed E-state index contributed by atoms with van der Waals surface area (Å²) in [4.78, 5) is 15.4. The molecule has 0 bridgehead atoms.